The van der Waals surface area contributed by atoms with E-state index in [1.54, 1.807) is 31.5 Å². The van der Waals surface area contributed by atoms with E-state index in [0.29, 0.717) is 24.2 Å². The van der Waals surface area contributed by atoms with Gasteiger partial charge >= 0.3 is 5.97 Å². The number of carbonyl (C=O) groups excluding carboxylic acids is 1. The van der Waals surface area contributed by atoms with Crippen molar-refractivity contribution in [3.63, 3.8) is 0 Å². The number of aromatic nitrogens is 4. The summed E-state index contributed by atoms with van der Waals surface area (Å²) in [5.41, 5.74) is 1.32. The van der Waals surface area contributed by atoms with Gasteiger partial charge < -0.3 is 4.74 Å². The molecule has 6 nitrogen and oxygen atoms in total. The van der Waals surface area contributed by atoms with Crippen LogP contribution in [-0.2, 0) is 11.3 Å². The summed E-state index contributed by atoms with van der Waals surface area (Å²) in [7, 11) is 0. The van der Waals surface area contributed by atoms with Crippen molar-refractivity contribution in [1.82, 2.24) is 20.0 Å². The molecule has 2 aromatic rings. The number of halogens is 1. The lowest BCUT2D eigenvalue weighted by molar-refractivity contribution is 0.0520. The van der Waals surface area contributed by atoms with Gasteiger partial charge in [-0.15, -0.1) is 5.10 Å². The highest BCUT2D eigenvalue weighted by atomic mass is 19.1. The SMILES string of the molecule is CCOC(=O)c1nnn(CCCF)c1-c1cccnc1. The fourth-order valence-corrected chi connectivity index (χ4v) is 1.80. The topological polar surface area (TPSA) is 69.9 Å². The maximum atomic E-state index is 12.3. The third-order valence-electron chi connectivity index (χ3n) is 2.64. The van der Waals surface area contributed by atoms with Gasteiger partial charge in [0.25, 0.3) is 0 Å². The predicted molar refractivity (Wildman–Crippen MR) is 69.8 cm³/mol. The number of pyridine rings is 1. The first-order chi connectivity index (χ1) is 9.77. The van der Waals surface area contributed by atoms with E-state index in [9.17, 15) is 9.18 Å². The molecule has 0 atom stereocenters. The van der Waals surface area contributed by atoms with Gasteiger partial charge in [0, 0.05) is 24.5 Å². The summed E-state index contributed by atoms with van der Waals surface area (Å²) < 4.78 is 18.8. The molecule has 0 saturated carbocycles. The van der Waals surface area contributed by atoms with E-state index in [1.807, 2.05) is 0 Å². The van der Waals surface area contributed by atoms with Crippen molar-refractivity contribution in [3.05, 3.63) is 30.2 Å². The van der Waals surface area contributed by atoms with Crippen LogP contribution in [0.2, 0.25) is 0 Å². The van der Waals surface area contributed by atoms with Gasteiger partial charge in [-0.25, -0.2) is 9.48 Å². The van der Waals surface area contributed by atoms with Crippen molar-refractivity contribution in [1.29, 1.82) is 0 Å². The normalized spacial score (nSPS) is 10.5. The highest BCUT2D eigenvalue weighted by molar-refractivity contribution is 5.93. The van der Waals surface area contributed by atoms with Crippen LogP contribution in [-0.4, -0.2) is 39.2 Å². The maximum Gasteiger partial charge on any atom is 0.361 e. The van der Waals surface area contributed by atoms with E-state index in [-0.39, 0.29) is 12.3 Å². The lowest BCUT2D eigenvalue weighted by atomic mass is 10.1. The Hall–Kier alpha value is -2.31. The molecule has 0 aliphatic heterocycles. The molecular weight excluding hydrogens is 263 g/mol. The summed E-state index contributed by atoms with van der Waals surface area (Å²) in [5, 5.41) is 7.76. The van der Waals surface area contributed by atoms with E-state index in [0.717, 1.165) is 0 Å². The molecule has 0 aromatic carbocycles. The van der Waals surface area contributed by atoms with Crippen LogP contribution in [0.3, 0.4) is 0 Å². The summed E-state index contributed by atoms with van der Waals surface area (Å²) >= 11 is 0. The van der Waals surface area contributed by atoms with Gasteiger partial charge in [0.15, 0.2) is 5.69 Å². The molecule has 0 amide bonds. The summed E-state index contributed by atoms with van der Waals surface area (Å²) in [4.78, 5) is 15.9. The Morgan fingerprint density at radius 1 is 1.50 bits per heavy atom. The second kappa shape index (κ2) is 6.74. The monoisotopic (exact) mass is 278 g/mol. The summed E-state index contributed by atoms with van der Waals surface area (Å²) in [6.07, 6.45) is 3.54. The van der Waals surface area contributed by atoms with Crippen LogP contribution in [0.4, 0.5) is 4.39 Å². The summed E-state index contributed by atoms with van der Waals surface area (Å²) in [6, 6.07) is 3.54. The largest absolute Gasteiger partial charge is 0.461 e. The quantitative estimate of drug-likeness (QED) is 0.754. The van der Waals surface area contributed by atoms with E-state index in [4.69, 9.17) is 4.74 Å². The van der Waals surface area contributed by atoms with Gasteiger partial charge in [0.1, 0.15) is 5.69 Å². The molecule has 0 aliphatic rings. The second-order valence-electron chi connectivity index (χ2n) is 4.01. The highest BCUT2D eigenvalue weighted by Gasteiger charge is 2.22. The Morgan fingerprint density at radius 3 is 3.00 bits per heavy atom. The van der Waals surface area contributed by atoms with Crippen molar-refractivity contribution < 1.29 is 13.9 Å². The molecule has 0 fully saturated rings. The molecule has 0 aliphatic carbocycles. The number of nitrogens with zero attached hydrogens (tertiary/aromatic N) is 4. The Balaban J connectivity index is 2.43. The van der Waals surface area contributed by atoms with E-state index < -0.39 is 12.6 Å². The first-order valence-electron chi connectivity index (χ1n) is 6.35. The second-order valence-corrected chi connectivity index (χ2v) is 4.01. The van der Waals surface area contributed by atoms with Gasteiger partial charge in [-0.2, -0.15) is 0 Å². The van der Waals surface area contributed by atoms with Crippen LogP contribution in [0.25, 0.3) is 11.3 Å². The lowest BCUT2D eigenvalue weighted by Crippen LogP contribution is -2.09. The lowest BCUT2D eigenvalue weighted by Gasteiger charge is -2.06. The molecule has 0 spiro atoms. The van der Waals surface area contributed by atoms with Crippen LogP contribution in [0.5, 0.6) is 0 Å². The molecule has 0 unspecified atom stereocenters. The van der Waals surface area contributed by atoms with E-state index in [1.165, 1.54) is 4.68 Å². The third kappa shape index (κ3) is 2.98. The minimum Gasteiger partial charge on any atom is -0.461 e. The molecule has 106 valence electrons. The first-order valence-corrected chi connectivity index (χ1v) is 6.35. The van der Waals surface area contributed by atoms with E-state index >= 15 is 0 Å². The maximum absolute atomic E-state index is 12.3. The first kappa shape index (κ1) is 14.1. The van der Waals surface area contributed by atoms with Crippen molar-refractivity contribution in [3.8, 4) is 11.3 Å². The number of ether oxygens (including phenoxy) is 1. The zero-order valence-corrected chi connectivity index (χ0v) is 11.1. The zero-order chi connectivity index (χ0) is 14.4. The molecule has 0 saturated heterocycles. The highest BCUT2D eigenvalue weighted by Crippen LogP contribution is 2.22. The number of alkyl halides is 1. The minimum atomic E-state index is -0.544. The summed E-state index contributed by atoms with van der Waals surface area (Å²) in [6.45, 7) is 1.85. The van der Waals surface area contributed by atoms with Crippen LogP contribution in [0.15, 0.2) is 24.5 Å². The van der Waals surface area contributed by atoms with Gasteiger partial charge in [0.2, 0.25) is 0 Å². The van der Waals surface area contributed by atoms with Crippen LogP contribution in [0.1, 0.15) is 23.8 Å². The zero-order valence-electron chi connectivity index (χ0n) is 11.1. The summed E-state index contributed by atoms with van der Waals surface area (Å²) in [5.74, 6) is -0.544. The average molecular weight is 278 g/mol. The molecular formula is C13H15FN4O2. The Bertz CT molecular complexity index is 571. The molecule has 2 rings (SSSR count). The number of carbonyl (C=O) groups is 1. The van der Waals surface area contributed by atoms with Gasteiger partial charge in [-0.3, -0.25) is 9.37 Å². The molecule has 0 bridgehead atoms. The fourth-order valence-electron chi connectivity index (χ4n) is 1.80. The van der Waals surface area contributed by atoms with Crippen molar-refractivity contribution in [2.24, 2.45) is 0 Å². The Kier molecular flexibility index (Phi) is 4.75. The van der Waals surface area contributed by atoms with Crippen LogP contribution >= 0.6 is 0 Å². The standard InChI is InChI=1S/C13H15FN4O2/c1-2-20-13(19)11-12(10-5-3-7-15-9-10)18(17-16-11)8-4-6-14/h3,5,7,9H,2,4,6,8H2,1H3. The predicted octanol–water partition coefficient (Wildman–Crippen LogP) is 1.88. The number of rotatable bonds is 6. The Morgan fingerprint density at radius 2 is 2.35 bits per heavy atom. The molecule has 7 heteroatoms. The van der Waals surface area contributed by atoms with Gasteiger partial charge in [-0.05, 0) is 25.5 Å². The molecule has 20 heavy (non-hydrogen) atoms. The minimum absolute atomic E-state index is 0.124. The molecule has 0 N–H and O–H groups in total. The van der Waals surface area contributed by atoms with Gasteiger partial charge in [0.05, 0.1) is 13.3 Å². The third-order valence-corrected chi connectivity index (χ3v) is 2.64. The smallest absolute Gasteiger partial charge is 0.361 e. The molecule has 2 aromatic heterocycles. The van der Waals surface area contributed by atoms with Crippen LogP contribution in [0, 0.1) is 0 Å². The number of hydrogen-bond donors (Lipinski definition) is 0. The van der Waals surface area contributed by atoms with Crippen LogP contribution < -0.4 is 0 Å². The van der Waals surface area contributed by atoms with Crippen molar-refractivity contribution in [2.45, 2.75) is 19.9 Å². The van der Waals surface area contributed by atoms with Gasteiger partial charge in [-0.1, -0.05) is 5.21 Å². The molecule has 2 heterocycles. The van der Waals surface area contributed by atoms with Crippen molar-refractivity contribution in [2.75, 3.05) is 13.3 Å². The van der Waals surface area contributed by atoms with Crippen molar-refractivity contribution >= 4 is 5.97 Å². The Labute approximate surface area is 115 Å². The van der Waals surface area contributed by atoms with E-state index in [2.05, 4.69) is 15.3 Å². The number of esters is 1. The number of aryl methyl sites for hydroxylation is 1. The average Bonchev–Trinajstić information content (AvgIpc) is 2.90. The molecule has 0 radical (unpaired) electrons. The fraction of sp³-hybridized carbons (Fsp3) is 0.385. The number of hydrogen-bond acceptors (Lipinski definition) is 5.